The van der Waals surface area contributed by atoms with Gasteiger partial charge in [-0.2, -0.15) is 0 Å². The first-order valence-electron chi connectivity index (χ1n) is 3.76. The van der Waals surface area contributed by atoms with Gasteiger partial charge in [0.1, 0.15) is 6.73 Å². The Labute approximate surface area is 79.8 Å². The SMILES string of the molecule is C=CC(=O)OCN(CC)CC.Cl. The predicted octanol–water partition coefficient (Wildman–Crippen LogP) is 1.44. The zero-order valence-electron chi connectivity index (χ0n) is 7.58. The van der Waals surface area contributed by atoms with Crippen LogP contribution in [0.3, 0.4) is 0 Å². The highest BCUT2D eigenvalue weighted by Gasteiger charge is 2.00. The zero-order chi connectivity index (χ0) is 8.69. The summed E-state index contributed by atoms with van der Waals surface area (Å²) in [5, 5.41) is 0. The van der Waals surface area contributed by atoms with Crippen LogP contribution >= 0.6 is 12.4 Å². The number of esters is 1. The normalized spacial score (nSPS) is 8.92. The molecule has 0 bridgehead atoms. The molecular formula is C8H16ClNO2. The lowest BCUT2D eigenvalue weighted by Crippen LogP contribution is -2.27. The zero-order valence-corrected chi connectivity index (χ0v) is 8.39. The van der Waals surface area contributed by atoms with Crippen LogP contribution in [0.1, 0.15) is 13.8 Å². The molecule has 0 amide bonds. The van der Waals surface area contributed by atoms with Crippen molar-refractivity contribution in [3.8, 4) is 0 Å². The molecule has 72 valence electrons. The summed E-state index contributed by atoms with van der Waals surface area (Å²) in [6.45, 7) is 9.47. The smallest absolute Gasteiger partial charge is 0.331 e. The Bertz CT molecular complexity index is 135. The van der Waals surface area contributed by atoms with Gasteiger partial charge in [0, 0.05) is 6.08 Å². The van der Waals surface area contributed by atoms with E-state index < -0.39 is 0 Å². The second kappa shape index (κ2) is 8.56. The minimum Gasteiger partial charge on any atom is -0.446 e. The predicted molar refractivity (Wildman–Crippen MR) is 51.3 cm³/mol. The maximum absolute atomic E-state index is 10.6. The lowest BCUT2D eigenvalue weighted by molar-refractivity contribution is -0.142. The molecular weight excluding hydrogens is 178 g/mol. The van der Waals surface area contributed by atoms with Crippen molar-refractivity contribution in [2.75, 3.05) is 19.8 Å². The number of rotatable bonds is 5. The van der Waals surface area contributed by atoms with Crippen molar-refractivity contribution >= 4 is 18.4 Å². The van der Waals surface area contributed by atoms with Crippen LogP contribution in [0.2, 0.25) is 0 Å². The van der Waals surface area contributed by atoms with Crippen molar-refractivity contribution in [2.45, 2.75) is 13.8 Å². The number of hydrogen-bond acceptors (Lipinski definition) is 3. The van der Waals surface area contributed by atoms with Crippen molar-refractivity contribution < 1.29 is 9.53 Å². The van der Waals surface area contributed by atoms with E-state index in [0.717, 1.165) is 13.1 Å². The molecule has 0 radical (unpaired) electrons. The fourth-order valence-electron chi connectivity index (χ4n) is 0.620. The van der Waals surface area contributed by atoms with Gasteiger partial charge in [0.15, 0.2) is 0 Å². The van der Waals surface area contributed by atoms with E-state index in [-0.39, 0.29) is 18.4 Å². The molecule has 0 aliphatic heterocycles. The molecule has 0 saturated carbocycles. The fourth-order valence-corrected chi connectivity index (χ4v) is 0.620. The number of ether oxygens (including phenoxy) is 1. The average molecular weight is 194 g/mol. The van der Waals surface area contributed by atoms with Crippen molar-refractivity contribution in [2.24, 2.45) is 0 Å². The van der Waals surface area contributed by atoms with Crippen LogP contribution < -0.4 is 0 Å². The molecule has 0 rings (SSSR count). The summed E-state index contributed by atoms with van der Waals surface area (Å²) in [6.07, 6.45) is 1.17. The molecule has 0 aromatic carbocycles. The van der Waals surface area contributed by atoms with Crippen molar-refractivity contribution in [3.05, 3.63) is 12.7 Å². The van der Waals surface area contributed by atoms with Crippen molar-refractivity contribution in [1.29, 1.82) is 0 Å². The number of halogens is 1. The molecule has 0 aromatic rings. The van der Waals surface area contributed by atoms with Crippen LogP contribution in [-0.2, 0) is 9.53 Å². The summed E-state index contributed by atoms with van der Waals surface area (Å²) in [4.78, 5) is 12.6. The van der Waals surface area contributed by atoms with Crippen LogP contribution in [0.4, 0.5) is 0 Å². The van der Waals surface area contributed by atoms with E-state index in [9.17, 15) is 4.79 Å². The minimum atomic E-state index is -0.364. The van der Waals surface area contributed by atoms with Crippen LogP contribution in [0.5, 0.6) is 0 Å². The molecule has 0 aliphatic rings. The molecule has 4 heteroatoms. The summed E-state index contributed by atoms with van der Waals surface area (Å²) >= 11 is 0. The van der Waals surface area contributed by atoms with E-state index in [1.807, 2.05) is 18.7 Å². The Morgan fingerprint density at radius 3 is 2.33 bits per heavy atom. The Hall–Kier alpha value is -0.540. The van der Waals surface area contributed by atoms with E-state index in [1.165, 1.54) is 6.08 Å². The standard InChI is InChI=1S/C8H15NO2.ClH/c1-4-8(10)11-7-9(5-2)6-3;/h4H,1,5-7H2,2-3H3;1H. The molecule has 3 nitrogen and oxygen atoms in total. The monoisotopic (exact) mass is 193 g/mol. The topological polar surface area (TPSA) is 29.5 Å². The Kier molecular flexibility index (Phi) is 9.99. The van der Waals surface area contributed by atoms with E-state index in [4.69, 9.17) is 4.74 Å². The summed E-state index contributed by atoms with van der Waals surface area (Å²) in [5.74, 6) is -0.364. The Morgan fingerprint density at radius 1 is 1.50 bits per heavy atom. The molecule has 0 unspecified atom stereocenters. The second-order valence-electron chi connectivity index (χ2n) is 2.10. The van der Waals surface area contributed by atoms with Gasteiger partial charge in [-0.15, -0.1) is 12.4 Å². The van der Waals surface area contributed by atoms with Gasteiger partial charge in [-0.1, -0.05) is 20.4 Å². The lowest BCUT2D eigenvalue weighted by Gasteiger charge is -2.16. The Morgan fingerprint density at radius 2 is 2.00 bits per heavy atom. The first-order valence-corrected chi connectivity index (χ1v) is 3.76. The largest absolute Gasteiger partial charge is 0.446 e. The van der Waals surface area contributed by atoms with Crippen LogP contribution in [-0.4, -0.2) is 30.7 Å². The third-order valence-electron chi connectivity index (χ3n) is 1.45. The molecule has 0 spiro atoms. The van der Waals surface area contributed by atoms with Gasteiger partial charge in [0.25, 0.3) is 0 Å². The molecule has 0 aliphatic carbocycles. The third-order valence-corrected chi connectivity index (χ3v) is 1.45. The summed E-state index contributed by atoms with van der Waals surface area (Å²) < 4.78 is 4.80. The maximum Gasteiger partial charge on any atom is 0.331 e. The third kappa shape index (κ3) is 6.19. The van der Waals surface area contributed by atoms with E-state index in [2.05, 4.69) is 6.58 Å². The fraction of sp³-hybridized carbons (Fsp3) is 0.625. The first kappa shape index (κ1) is 14.0. The maximum atomic E-state index is 10.6. The number of carbonyl (C=O) groups excluding carboxylic acids is 1. The molecule has 0 aromatic heterocycles. The first-order chi connectivity index (χ1) is 5.24. The summed E-state index contributed by atoms with van der Waals surface area (Å²) in [7, 11) is 0. The molecule has 0 atom stereocenters. The lowest BCUT2D eigenvalue weighted by atomic mass is 10.6. The number of nitrogens with zero attached hydrogens (tertiary/aromatic N) is 1. The molecule has 0 saturated heterocycles. The van der Waals surface area contributed by atoms with Crippen LogP contribution in [0, 0.1) is 0 Å². The minimum absolute atomic E-state index is 0. The van der Waals surface area contributed by atoms with Gasteiger partial charge in [0.2, 0.25) is 0 Å². The van der Waals surface area contributed by atoms with Crippen LogP contribution in [0.15, 0.2) is 12.7 Å². The summed E-state index contributed by atoms with van der Waals surface area (Å²) in [6, 6.07) is 0. The second-order valence-corrected chi connectivity index (χ2v) is 2.10. The van der Waals surface area contributed by atoms with Gasteiger partial charge in [-0.3, -0.25) is 4.90 Å². The summed E-state index contributed by atoms with van der Waals surface area (Å²) in [5.41, 5.74) is 0. The van der Waals surface area contributed by atoms with Gasteiger partial charge >= 0.3 is 5.97 Å². The van der Waals surface area contributed by atoms with Gasteiger partial charge in [-0.25, -0.2) is 4.79 Å². The average Bonchev–Trinajstić information content (AvgIpc) is 2.06. The molecule has 0 N–H and O–H groups in total. The van der Waals surface area contributed by atoms with Gasteiger partial charge < -0.3 is 4.74 Å². The van der Waals surface area contributed by atoms with Gasteiger partial charge in [0.05, 0.1) is 0 Å². The number of carbonyl (C=O) groups is 1. The van der Waals surface area contributed by atoms with Crippen molar-refractivity contribution in [3.63, 3.8) is 0 Å². The van der Waals surface area contributed by atoms with E-state index >= 15 is 0 Å². The van der Waals surface area contributed by atoms with Gasteiger partial charge in [-0.05, 0) is 13.1 Å². The molecule has 0 heterocycles. The Balaban J connectivity index is 0. The highest BCUT2D eigenvalue weighted by atomic mass is 35.5. The highest BCUT2D eigenvalue weighted by molar-refractivity contribution is 5.85. The molecule has 0 fully saturated rings. The van der Waals surface area contributed by atoms with Crippen LogP contribution in [0.25, 0.3) is 0 Å². The van der Waals surface area contributed by atoms with E-state index in [1.54, 1.807) is 0 Å². The van der Waals surface area contributed by atoms with Crippen molar-refractivity contribution in [1.82, 2.24) is 4.90 Å². The number of hydrogen-bond donors (Lipinski definition) is 0. The van der Waals surface area contributed by atoms with E-state index in [0.29, 0.717) is 6.73 Å². The highest BCUT2D eigenvalue weighted by Crippen LogP contribution is 1.88. The quantitative estimate of drug-likeness (QED) is 0.376. The molecule has 12 heavy (non-hydrogen) atoms.